The van der Waals surface area contributed by atoms with Crippen molar-refractivity contribution in [1.29, 1.82) is 5.26 Å². The summed E-state index contributed by atoms with van der Waals surface area (Å²) in [4.78, 5) is 14.5. The zero-order valence-electron chi connectivity index (χ0n) is 11.2. The van der Waals surface area contributed by atoms with E-state index in [-0.39, 0.29) is 5.91 Å². The van der Waals surface area contributed by atoms with Crippen LogP contribution in [-0.4, -0.2) is 5.91 Å². The lowest BCUT2D eigenvalue weighted by molar-refractivity contribution is -0.128. The number of nitrogens with one attached hydrogen (secondary N) is 1. The number of nitrogens with zero attached hydrogens (tertiary/aromatic N) is 1. The van der Waals surface area contributed by atoms with Crippen molar-refractivity contribution in [2.45, 2.75) is 46.6 Å². The van der Waals surface area contributed by atoms with E-state index in [0.717, 1.165) is 11.3 Å². The molecule has 0 saturated heterocycles. The number of rotatable bonds is 6. The normalized spacial score (nSPS) is 11.0. The number of aryl methyl sites for hydroxylation is 1. The average molecular weight is 264 g/mol. The third-order valence-electron chi connectivity index (χ3n) is 3.34. The van der Waals surface area contributed by atoms with Crippen LogP contribution in [0.15, 0.2) is 12.1 Å². The highest BCUT2D eigenvalue weighted by Crippen LogP contribution is 2.26. The maximum absolute atomic E-state index is 12.1. The molecule has 0 saturated carbocycles. The number of carbonyl (C=O) groups excluding carboxylic acids is 1. The van der Waals surface area contributed by atoms with Crippen LogP contribution >= 0.6 is 11.3 Å². The second-order valence-electron chi connectivity index (χ2n) is 4.31. The number of amides is 1. The van der Waals surface area contributed by atoms with E-state index in [9.17, 15) is 10.1 Å². The summed E-state index contributed by atoms with van der Waals surface area (Å²) >= 11 is 1.71. The zero-order valence-corrected chi connectivity index (χ0v) is 12.1. The first kappa shape index (κ1) is 14.7. The van der Waals surface area contributed by atoms with Crippen LogP contribution in [0.1, 0.15) is 43.4 Å². The van der Waals surface area contributed by atoms with Gasteiger partial charge in [-0.1, -0.05) is 20.8 Å². The molecule has 1 N–H and O–H groups in total. The van der Waals surface area contributed by atoms with Crippen LogP contribution in [0.4, 0.5) is 0 Å². The molecule has 1 rings (SSSR count). The Balaban J connectivity index is 2.63. The van der Waals surface area contributed by atoms with Gasteiger partial charge in [-0.2, -0.15) is 5.26 Å². The average Bonchev–Trinajstić information content (AvgIpc) is 2.87. The Morgan fingerprint density at radius 3 is 2.39 bits per heavy atom. The molecule has 1 aromatic heterocycles. The van der Waals surface area contributed by atoms with E-state index >= 15 is 0 Å². The minimum atomic E-state index is -0.870. The highest BCUT2D eigenvalue weighted by molar-refractivity contribution is 7.11. The summed E-state index contributed by atoms with van der Waals surface area (Å²) in [7, 11) is 0. The van der Waals surface area contributed by atoms with Crippen molar-refractivity contribution in [2.24, 2.45) is 5.41 Å². The number of thiophene rings is 1. The molecule has 0 bridgehead atoms. The quantitative estimate of drug-likeness (QED) is 0.857. The van der Waals surface area contributed by atoms with Crippen molar-refractivity contribution < 1.29 is 4.79 Å². The van der Waals surface area contributed by atoms with Crippen molar-refractivity contribution in [3.63, 3.8) is 0 Å². The van der Waals surface area contributed by atoms with Gasteiger partial charge in [0.05, 0.1) is 12.6 Å². The zero-order chi connectivity index (χ0) is 13.6. The smallest absolute Gasteiger partial charge is 0.240 e. The summed E-state index contributed by atoms with van der Waals surface area (Å²) in [6.45, 7) is 6.40. The molecular formula is C14H20N2OS. The number of hydrogen-bond acceptors (Lipinski definition) is 3. The second kappa shape index (κ2) is 6.55. The largest absolute Gasteiger partial charge is 0.350 e. The lowest BCUT2D eigenvalue weighted by atomic mass is 9.83. The Hall–Kier alpha value is -1.34. The van der Waals surface area contributed by atoms with Crippen LogP contribution in [0.3, 0.4) is 0 Å². The fourth-order valence-electron chi connectivity index (χ4n) is 1.82. The molecule has 3 nitrogen and oxygen atoms in total. The molecule has 0 atom stereocenters. The summed E-state index contributed by atoms with van der Waals surface area (Å²) in [5.74, 6) is -0.151. The van der Waals surface area contributed by atoms with E-state index < -0.39 is 5.41 Å². The Morgan fingerprint density at radius 2 is 1.94 bits per heavy atom. The lowest BCUT2D eigenvalue weighted by Crippen LogP contribution is -2.38. The van der Waals surface area contributed by atoms with Gasteiger partial charge in [0.15, 0.2) is 0 Å². The monoisotopic (exact) mass is 264 g/mol. The van der Waals surface area contributed by atoms with E-state index in [1.807, 2.05) is 19.9 Å². The summed E-state index contributed by atoms with van der Waals surface area (Å²) in [6, 6.07) is 6.28. The molecule has 98 valence electrons. The highest BCUT2D eigenvalue weighted by Gasteiger charge is 2.34. The second-order valence-corrected chi connectivity index (χ2v) is 5.56. The molecule has 0 aliphatic carbocycles. The topological polar surface area (TPSA) is 52.9 Å². The van der Waals surface area contributed by atoms with E-state index in [1.165, 1.54) is 4.88 Å². The van der Waals surface area contributed by atoms with Gasteiger partial charge in [0.2, 0.25) is 5.91 Å². The minimum absolute atomic E-state index is 0.151. The van der Waals surface area contributed by atoms with Gasteiger partial charge in [0.25, 0.3) is 0 Å². The molecule has 18 heavy (non-hydrogen) atoms. The van der Waals surface area contributed by atoms with Crippen LogP contribution in [-0.2, 0) is 17.8 Å². The third-order valence-corrected chi connectivity index (χ3v) is 4.57. The SMILES string of the molecule is CCc1ccc(CNC(=O)C(C#N)(CC)CC)s1. The molecule has 1 heterocycles. The molecule has 0 radical (unpaired) electrons. The van der Waals surface area contributed by atoms with Gasteiger partial charge in [0, 0.05) is 9.75 Å². The predicted octanol–water partition coefficient (Wildman–Crippen LogP) is 3.26. The molecule has 0 aromatic carbocycles. The summed E-state index contributed by atoms with van der Waals surface area (Å²) in [6.07, 6.45) is 2.12. The molecule has 0 unspecified atom stereocenters. The van der Waals surface area contributed by atoms with E-state index in [1.54, 1.807) is 11.3 Å². The molecule has 4 heteroatoms. The van der Waals surface area contributed by atoms with Crippen LogP contribution in [0, 0.1) is 16.7 Å². The molecule has 1 aromatic rings. The van der Waals surface area contributed by atoms with E-state index in [4.69, 9.17) is 0 Å². The van der Waals surface area contributed by atoms with Crippen molar-refractivity contribution in [1.82, 2.24) is 5.32 Å². The van der Waals surface area contributed by atoms with Gasteiger partial charge >= 0.3 is 0 Å². The van der Waals surface area contributed by atoms with Crippen molar-refractivity contribution in [3.05, 3.63) is 21.9 Å². The minimum Gasteiger partial charge on any atom is -0.350 e. The van der Waals surface area contributed by atoms with Crippen molar-refractivity contribution in [2.75, 3.05) is 0 Å². The predicted molar refractivity (Wildman–Crippen MR) is 74.2 cm³/mol. The molecule has 0 aliphatic rings. The Labute approximate surface area is 113 Å². The standard InChI is InChI=1S/C14H20N2OS/c1-4-11-7-8-12(18-11)9-16-13(17)14(5-2,6-3)10-15/h7-8H,4-6,9H2,1-3H3,(H,16,17). The fourth-order valence-corrected chi connectivity index (χ4v) is 2.72. The Bertz CT molecular complexity index is 441. The van der Waals surface area contributed by atoms with Gasteiger partial charge < -0.3 is 5.32 Å². The highest BCUT2D eigenvalue weighted by atomic mass is 32.1. The van der Waals surface area contributed by atoms with Crippen LogP contribution in [0.5, 0.6) is 0 Å². The van der Waals surface area contributed by atoms with Crippen LogP contribution in [0.25, 0.3) is 0 Å². The lowest BCUT2D eigenvalue weighted by Gasteiger charge is -2.21. The van der Waals surface area contributed by atoms with Gasteiger partial charge in [-0.05, 0) is 31.4 Å². The molecule has 0 spiro atoms. The summed E-state index contributed by atoms with van der Waals surface area (Å²) in [5.41, 5.74) is -0.870. The molecule has 0 fully saturated rings. The first-order valence-electron chi connectivity index (χ1n) is 6.39. The number of nitriles is 1. The number of hydrogen-bond donors (Lipinski definition) is 1. The Kier molecular flexibility index (Phi) is 5.36. The maximum Gasteiger partial charge on any atom is 0.240 e. The Morgan fingerprint density at radius 1 is 1.33 bits per heavy atom. The van der Waals surface area contributed by atoms with E-state index in [0.29, 0.717) is 19.4 Å². The van der Waals surface area contributed by atoms with Gasteiger partial charge in [-0.25, -0.2) is 0 Å². The third kappa shape index (κ3) is 3.11. The molecule has 0 aliphatic heterocycles. The molecule has 1 amide bonds. The van der Waals surface area contributed by atoms with Crippen LogP contribution < -0.4 is 5.32 Å². The first-order chi connectivity index (χ1) is 8.61. The summed E-state index contributed by atoms with van der Waals surface area (Å²) < 4.78 is 0. The maximum atomic E-state index is 12.1. The van der Waals surface area contributed by atoms with Crippen molar-refractivity contribution >= 4 is 17.2 Å². The number of carbonyl (C=O) groups is 1. The van der Waals surface area contributed by atoms with Crippen LogP contribution in [0.2, 0.25) is 0 Å². The first-order valence-corrected chi connectivity index (χ1v) is 7.20. The van der Waals surface area contributed by atoms with E-state index in [2.05, 4.69) is 24.4 Å². The van der Waals surface area contributed by atoms with Gasteiger partial charge in [-0.15, -0.1) is 11.3 Å². The molecular weight excluding hydrogens is 244 g/mol. The van der Waals surface area contributed by atoms with Gasteiger partial charge in [-0.3, -0.25) is 4.79 Å². The van der Waals surface area contributed by atoms with Crippen molar-refractivity contribution in [3.8, 4) is 6.07 Å². The van der Waals surface area contributed by atoms with Gasteiger partial charge in [0.1, 0.15) is 5.41 Å². The summed E-state index contributed by atoms with van der Waals surface area (Å²) in [5, 5.41) is 12.1. The fraction of sp³-hybridized carbons (Fsp3) is 0.571.